The quantitative estimate of drug-likeness (QED) is 0.846. The van der Waals surface area contributed by atoms with Crippen molar-refractivity contribution in [1.82, 2.24) is 5.32 Å². The van der Waals surface area contributed by atoms with E-state index in [0.717, 1.165) is 5.56 Å². The number of rotatable bonds is 7. The lowest BCUT2D eigenvalue weighted by atomic mass is 10.1. The van der Waals surface area contributed by atoms with Gasteiger partial charge < -0.3 is 19.5 Å². The number of hydrogen-bond donors (Lipinski definition) is 1. The van der Waals surface area contributed by atoms with Gasteiger partial charge in [-0.15, -0.1) is 0 Å². The topological polar surface area (TPSA) is 56.8 Å². The first-order valence-corrected chi connectivity index (χ1v) is 7.42. The molecule has 2 aromatic carbocycles. The molecule has 0 heterocycles. The highest BCUT2D eigenvalue weighted by Gasteiger charge is 2.20. The van der Waals surface area contributed by atoms with Crippen LogP contribution in [0.15, 0.2) is 36.4 Å². The molecule has 2 aromatic rings. The lowest BCUT2D eigenvalue weighted by Gasteiger charge is -2.15. The van der Waals surface area contributed by atoms with E-state index < -0.39 is 0 Å². The first-order valence-electron chi connectivity index (χ1n) is 7.42. The fourth-order valence-electron chi connectivity index (χ4n) is 2.35. The van der Waals surface area contributed by atoms with Crippen molar-refractivity contribution in [1.29, 1.82) is 0 Å². The van der Waals surface area contributed by atoms with Crippen molar-refractivity contribution in [3.05, 3.63) is 53.3 Å². The number of nitrogens with one attached hydrogen (secondary N) is 1. The number of hydrogen-bond acceptors (Lipinski definition) is 4. The van der Waals surface area contributed by atoms with Crippen molar-refractivity contribution >= 4 is 5.91 Å². The van der Waals surface area contributed by atoms with Gasteiger partial charge in [0.1, 0.15) is 5.82 Å². The van der Waals surface area contributed by atoms with Crippen molar-refractivity contribution in [2.24, 2.45) is 0 Å². The van der Waals surface area contributed by atoms with Gasteiger partial charge in [0.15, 0.2) is 11.5 Å². The van der Waals surface area contributed by atoms with Crippen LogP contribution in [0.4, 0.5) is 4.39 Å². The Morgan fingerprint density at radius 3 is 2.21 bits per heavy atom. The molecular weight excluding hydrogens is 313 g/mol. The standard InChI is InChI=1S/C18H20FNO4/c1-22-15-9-8-14(16(23-2)17(15)24-3)18(21)20-11-10-12-4-6-13(19)7-5-12/h4-9H,10-11H2,1-3H3,(H,20,21). The highest BCUT2D eigenvalue weighted by Crippen LogP contribution is 2.39. The third kappa shape index (κ3) is 3.95. The summed E-state index contributed by atoms with van der Waals surface area (Å²) in [6.45, 7) is 0.419. The molecule has 1 amide bonds. The minimum absolute atomic E-state index is 0.280. The molecule has 0 fully saturated rings. The van der Waals surface area contributed by atoms with Crippen molar-refractivity contribution in [2.75, 3.05) is 27.9 Å². The second kappa shape index (κ2) is 8.19. The van der Waals surface area contributed by atoms with Crippen LogP contribution in [0.2, 0.25) is 0 Å². The maximum Gasteiger partial charge on any atom is 0.255 e. The summed E-state index contributed by atoms with van der Waals surface area (Å²) >= 11 is 0. The van der Waals surface area contributed by atoms with Crippen LogP contribution in [0, 0.1) is 5.82 Å². The molecule has 2 rings (SSSR count). The minimum Gasteiger partial charge on any atom is -0.493 e. The molecule has 0 atom stereocenters. The molecule has 0 unspecified atom stereocenters. The van der Waals surface area contributed by atoms with E-state index in [1.165, 1.54) is 33.5 Å². The Morgan fingerprint density at radius 2 is 1.62 bits per heavy atom. The molecule has 0 saturated heterocycles. The molecule has 5 nitrogen and oxygen atoms in total. The highest BCUT2D eigenvalue weighted by atomic mass is 19.1. The molecule has 24 heavy (non-hydrogen) atoms. The van der Waals surface area contributed by atoms with Crippen LogP contribution in [0.25, 0.3) is 0 Å². The SMILES string of the molecule is COc1ccc(C(=O)NCCc2ccc(F)cc2)c(OC)c1OC. The van der Waals surface area contributed by atoms with Gasteiger partial charge >= 0.3 is 0 Å². The Labute approximate surface area is 140 Å². The van der Waals surface area contributed by atoms with Crippen molar-refractivity contribution in [3.63, 3.8) is 0 Å². The van der Waals surface area contributed by atoms with E-state index in [1.54, 1.807) is 24.3 Å². The van der Waals surface area contributed by atoms with Crippen molar-refractivity contribution in [2.45, 2.75) is 6.42 Å². The van der Waals surface area contributed by atoms with Crippen LogP contribution in [0.3, 0.4) is 0 Å². The summed E-state index contributed by atoms with van der Waals surface area (Å²) in [7, 11) is 4.46. The first-order chi connectivity index (χ1) is 11.6. The highest BCUT2D eigenvalue weighted by molar-refractivity contribution is 5.98. The zero-order valence-corrected chi connectivity index (χ0v) is 13.9. The lowest BCUT2D eigenvalue weighted by Crippen LogP contribution is -2.26. The van der Waals surface area contributed by atoms with Crippen molar-refractivity contribution in [3.8, 4) is 17.2 Å². The summed E-state index contributed by atoms with van der Waals surface area (Å²) in [6, 6.07) is 9.45. The summed E-state index contributed by atoms with van der Waals surface area (Å²) in [5, 5.41) is 2.82. The van der Waals surface area contributed by atoms with Crippen molar-refractivity contribution < 1.29 is 23.4 Å². The number of carbonyl (C=O) groups excluding carboxylic acids is 1. The fourth-order valence-corrected chi connectivity index (χ4v) is 2.35. The molecule has 0 bridgehead atoms. The molecule has 0 radical (unpaired) electrons. The summed E-state index contributed by atoms with van der Waals surface area (Å²) < 4.78 is 28.6. The van der Waals surface area contributed by atoms with E-state index >= 15 is 0 Å². The van der Waals surface area contributed by atoms with Crippen LogP contribution >= 0.6 is 0 Å². The molecule has 0 aromatic heterocycles. The summed E-state index contributed by atoms with van der Waals surface area (Å²) in [5.41, 5.74) is 1.30. The molecule has 0 spiro atoms. The Hall–Kier alpha value is -2.76. The van der Waals surface area contributed by atoms with E-state index in [1.807, 2.05) is 0 Å². The Bertz CT molecular complexity index is 701. The predicted molar refractivity (Wildman–Crippen MR) is 88.5 cm³/mol. The normalized spacial score (nSPS) is 10.2. The van der Waals surface area contributed by atoms with E-state index in [4.69, 9.17) is 14.2 Å². The molecule has 128 valence electrons. The number of ether oxygens (including phenoxy) is 3. The zero-order chi connectivity index (χ0) is 17.5. The number of halogens is 1. The van der Waals surface area contributed by atoms with Crippen LogP contribution < -0.4 is 19.5 Å². The molecule has 0 aliphatic carbocycles. The number of carbonyl (C=O) groups is 1. The maximum absolute atomic E-state index is 12.9. The van der Waals surface area contributed by atoms with Crippen LogP contribution in [-0.4, -0.2) is 33.8 Å². The average molecular weight is 333 g/mol. The van der Waals surface area contributed by atoms with E-state index in [-0.39, 0.29) is 11.7 Å². The zero-order valence-electron chi connectivity index (χ0n) is 13.9. The predicted octanol–water partition coefficient (Wildman–Crippen LogP) is 2.82. The number of methoxy groups -OCH3 is 3. The summed E-state index contributed by atoms with van der Waals surface area (Å²) in [6.07, 6.45) is 0.599. The fraction of sp³-hybridized carbons (Fsp3) is 0.278. The van der Waals surface area contributed by atoms with E-state index in [0.29, 0.717) is 35.8 Å². The molecule has 0 aliphatic heterocycles. The van der Waals surface area contributed by atoms with Crippen LogP contribution in [-0.2, 0) is 6.42 Å². The van der Waals surface area contributed by atoms with Crippen LogP contribution in [0.5, 0.6) is 17.2 Å². The Morgan fingerprint density at radius 1 is 0.958 bits per heavy atom. The van der Waals surface area contributed by atoms with Gasteiger partial charge in [-0.3, -0.25) is 4.79 Å². The summed E-state index contributed by atoms with van der Waals surface area (Å²) in [5.74, 6) is 0.604. The third-order valence-electron chi connectivity index (χ3n) is 3.56. The van der Waals surface area contributed by atoms with E-state index in [2.05, 4.69) is 5.32 Å². The largest absolute Gasteiger partial charge is 0.493 e. The van der Waals surface area contributed by atoms with Gasteiger partial charge in [0, 0.05) is 6.54 Å². The molecule has 0 saturated carbocycles. The second-order valence-electron chi connectivity index (χ2n) is 5.01. The van der Waals surface area contributed by atoms with Gasteiger partial charge in [-0.25, -0.2) is 4.39 Å². The van der Waals surface area contributed by atoms with Gasteiger partial charge in [-0.05, 0) is 36.2 Å². The van der Waals surface area contributed by atoms with Crippen LogP contribution in [0.1, 0.15) is 15.9 Å². The molecule has 1 N–H and O–H groups in total. The van der Waals surface area contributed by atoms with Gasteiger partial charge in [-0.1, -0.05) is 12.1 Å². The van der Waals surface area contributed by atoms with Gasteiger partial charge in [0.05, 0.1) is 26.9 Å². The van der Waals surface area contributed by atoms with Gasteiger partial charge in [0.25, 0.3) is 5.91 Å². The molecule has 6 heteroatoms. The van der Waals surface area contributed by atoms with Gasteiger partial charge in [-0.2, -0.15) is 0 Å². The second-order valence-corrected chi connectivity index (χ2v) is 5.01. The Kier molecular flexibility index (Phi) is 6.01. The average Bonchev–Trinajstić information content (AvgIpc) is 2.61. The minimum atomic E-state index is -0.282. The molecule has 0 aliphatic rings. The monoisotopic (exact) mass is 333 g/mol. The summed E-state index contributed by atoms with van der Waals surface area (Å²) in [4.78, 5) is 12.4. The maximum atomic E-state index is 12.9. The smallest absolute Gasteiger partial charge is 0.255 e. The first kappa shape index (κ1) is 17.6. The Balaban J connectivity index is 2.07. The number of amides is 1. The van der Waals surface area contributed by atoms with E-state index in [9.17, 15) is 9.18 Å². The molecular formula is C18H20FNO4. The lowest BCUT2D eigenvalue weighted by molar-refractivity contribution is 0.0950. The number of benzene rings is 2. The third-order valence-corrected chi connectivity index (χ3v) is 3.56. The van der Waals surface area contributed by atoms with Gasteiger partial charge in [0.2, 0.25) is 5.75 Å².